The number of anilines is 2. The first-order valence-electron chi connectivity index (χ1n) is 9.51. The molecule has 0 bridgehead atoms. The van der Waals surface area contributed by atoms with Crippen LogP contribution in [0.2, 0.25) is 5.02 Å². The molecule has 0 aliphatic heterocycles. The SMILES string of the molecule is CC[C@@H](NC(=O)C(O)c1c(Cl)c(C(=O)Nc2ccc(F)c(NC)c2)n(C)c1C)C(F)(F)F. The molecule has 2 rings (SSSR count). The highest BCUT2D eigenvalue weighted by Crippen LogP contribution is 2.33. The Labute approximate surface area is 186 Å². The van der Waals surface area contributed by atoms with Gasteiger partial charge in [0, 0.05) is 31.0 Å². The Kier molecular flexibility index (Phi) is 7.79. The average molecular weight is 479 g/mol. The molecule has 0 saturated heterocycles. The topological polar surface area (TPSA) is 95.4 Å². The number of carbonyl (C=O) groups is 2. The van der Waals surface area contributed by atoms with Gasteiger partial charge in [0.05, 0.1) is 10.7 Å². The largest absolute Gasteiger partial charge is 0.408 e. The number of aliphatic hydroxyl groups is 1. The van der Waals surface area contributed by atoms with Gasteiger partial charge in [-0.1, -0.05) is 18.5 Å². The summed E-state index contributed by atoms with van der Waals surface area (Å²) in [5.74, 6) is -2.55. The van der Waals surface area contributed by atoms with Gasteiger partial charge in [0.15, 0.2) is 6.10 Å². The molecule has 0 saturated carbocycles. The predicted molar refractivity (Wildman–Crippen MR) is 112 cm³/mol. The van der Waals surface area contributed by atoms with Crippen molar-refractivity contribution in [1.82, 2.24) is 9.88 Å². The van der Waals surface area contributed by atoms with Crippen LogP contribution in [0.3, 0.4) is 0 Å². The third-order valence-corrected chi connectivity index (χ3v) is 5.41. The van der Waals surface area contributed by atoms with E-state index in [4.69, 9.17) is 11.6 Å². The van der Waals surface area contributed by atoms with Crippen LogP contribution >= 0.6 is 11.6 Å². The number of halogens is 5. The molecule has 0 fully saturated rings. The summed E-state index contributed by atoms with van der Waals surface area (Å²) >= 11 is 6.26. The van der Waals surface area contributed by atoms with Gasteiger partial charge in [0.2, 0.25) is 0 Å². The summed E-state index contributed by atoms with van der Waals surface area (Å²) in [6, 6.07) is 1.67. The Morgan fingerprint density at radius 3 is 2.44 bits per heavy atom. The summed E-state index contributed by atoms with van der Waals surface area (Å²) in [6.07, 6.45) is -7.15. The van der Waals surface area contributed by atoms with Crippen LogP contribution in [0.4, 0.5) is 28.9 Å². The van der Waals surface area contributed by atoms with Crippen LogP contribution in [0.25, 0.3) is 0 Å². The first kappa shape index (κ1) is 25.5. The van der Waals surface area contributed by atoms with E-state index in [1.165, 1.54) is 44.6 Å². The van der Waals surface area contributed by atoms with Crippen LogP contribution in [-0.2, 0) is 11.8 Å². The monoisotopic (exact) mass is 478 g/mol. The highest BCUT2D eigenvalue weighted by Gasteiger charge is 2.41. The minimum atomic E-state index is -4.69. The molecule has 1 aromatic heterocycles. The van der Waals surface area contributed by atoms with Crippen molar-refractivity contribution < 1.29 is 32.3 Å². The second kappa shape index (κ2) is 9.78. The number of alkyl halides is 3. The lowest BCUT2D eigenvalue weighted by molar-refractivity contribution is -0.164. The average Bonchev–Trinajstić information content (AvgIpc) is 2.94. The van der Waals surface area contributed by atoms with Gasteiger partial charge in [-0.05, 0) is 31.5 Å². The molecule has 0 aliphatic carbocycles. The van der Waals surface area contributed by atoms with Crippen molar-refractivity contribution in [1.29, 1.82) is 0 Å². The summed E-state index contributed by atoms with van der Waals surface area (Å²) in [7, 11) is 2.94. The molecule has 32 heavy (non-hydrogen) atoms. The van der Waals surface area contributed by atoms with Gasteiger partial charge in [-0.15, -0.1) is 0 Å². The number of hydrogen-bond donors (Lipinski definition) is 4. The smallest absolute Gasteiger partial charge is 0.386 e. The highest BCUT2D eigenvalue weighted by molar-refractivity contribution is 6.35. The van der Waals surface area contributed by atoms with Crippen molar-refractivity contribution in [2.45, 2.75) is 38.6 Å². The van der Waals surface area contributed by atoms with E-state index in [2.05, 4.69) is 10.6 Å². The van der Waals surface area contributed by atoms with Gasteiger partial charge < -0.3 is 25.6 Å². The normalized spacial score (nSPS) is 13.4. The van der Waals surface area contributed by atoms with Gasteiger partial charge in [-0.3, -0.25) is 9.59 Å². The minimum Gasteiger partial charge on any atom is -0.386 e. The first-order chi connectivity index (χ1) is 14.8. The fourth-order valence-corrected chi connectivity index (χ4v) is 3.59. The van der Waals surface area contributed by atoms with Crippen LogP contribution in [0.1, 0.15) is 41.2 Å². The molecular formula is C20H23ClF4N4O3. The molecule has 0 spiro atoms. The molecule has 1 heterocycles. The third-order valence-electron chi connectivity index (χ3n) is 5.02. The zero-order valence-corrected chi connectivity index (χ0v) is 18.5. The number of carbonyl (C=O) groups excluding carboxylic acids is 2. The molecule has 1 unspecified atom stereocenters. The Bertz CT molecular complexity index is 1020. The van der Waals surface area contributed by atoms with Crippen LogP contribution in [0, 0.1) is 12.7 Å². The number of benzene rings is 1. The number of nitrogens with one attached hydrogen (secondary N) is 3. The summed E-state index contributed by atoms with van der Waals surface area (Å²) in [5.41, 5.74) is 0.261. The number of hydrogen-bond acceptors (Lipinski definition) is 4. The van der Waals surface area contributed by atoms with Crippen molar-refractivity contribution in [3.63, 3.8) is 0 Å². The number of aromatic nitrogens is 1. The fourth-order valence-electron chi connectivity index (χ4n) is 3.13. The Morgan fingerprint density at radius 2 is 1.91 bits per heavy atom. The molecule has 2 atom stereocenters. The highest BCUT2D eigenvalue weighted by atomic mass is 35.5. The molecule has 0 aliphatic rings. The van der Waals surface area contributed by atoms with E-state index in [1.807, 2.05) is 0 Å². The van der Waals surface area contributed by atoms with Crippen LogP contribution in [-0.4, -0.2) is 40.8 Å². The van der Waals surface area contributed by atoms with Gasteiger partial charge in [-0.25, -0.2) is 4.39 Å². The fraction of sp³-hybridized carbons (Fsp3) is 0.400. The standard InChI is InChI=1S/C20H23ClF4N4O3/c1-5-13(20(23,24)25)28-19(32)17(30)14-9(2)29(4)16(15(14)21)18(31)27-10-6-7-11(22)12(8-10)26-3/h6-8,13,17,26,30H,5H2,1-4H3,(H,27,31)(H,28,32)/t13-,17?/m1/s1. The second-order valence-electron chi connectivity index (χ2n) is 7.03. The van der Waals surface area contributed by atoms with Crippen LogP contribution in [0.5, 0.6) is 0 Å². The second-order valence-corrected chi connectivity index (χ2v) is 7.41. The molecule has 4 N–H and O–H groups in total. The van der Waals surface area contributed by atoms with E-state index in [0.717, 1.165) is 6.07 Å². The van der Waals surface area contributed by atoms with Gasteiger partial charge in [-0.2, -0.15) is 13.2 Å². The maximum absolute atomic E-state index is 13.6. The summed E-state index contributed by atoms with van der Waals surface area (Å²) < 4.78 is 53.8. The van der Waals surface area contributed by atoms with E-state index in [-0.39, 0.29) is 33.3 Å². The lowest BCUT2D eigenvalue weighted by atomic mass is 10.1. The van der Waals surface area contributed by atoms with E-state index in [0.29, 0.717) is 0 Å². The number of rotatable bonds is 7. The van der Waals surface area contributed by atoms with Gasteiger partial charge in [0.25, 0.3) is 11.8 Å². The van der Waals surface area contributed by atoms with E-state index in [9.17, 15) is 32.3 Å². The van der Waals surface area contributed by atoms with E-state index < -0.39 is 42.4 Å². The van der Waals surface area contributed by atoms with Gasteiger partial charge >= 0.3 is 6.18 Å². The molecule has 2 amide bonds. The predicted octanol–water partition coefficient (Wildman–Crippen LogP) is 3.91. The molecule has 7 nitrogen and oxygen atoms in total. The number of amides is 2. The molecule has 1 aromatic carbocycles. The molecule has 2 aromatic rings. The maximum atomic E-state index is 13.6. The number of nitrogens with zero attached hydrogens (tertiary/aromatic N) is 1. The van der Waals surface area contributed by atoms with Crippen LogP contribution in [0.15, 0.2) is 18.2 Å². The molecule has 176 valence electrons. The number of aliphatic hydroxyl groups excluding tert-OH is 1. The quantitative estimate of drug-likeness (QED) is 0.454. The molecule has 0 radical (unpaired) electrons. The van der Waals surface area contributed by atoms with Crippen molar-refractivity contribution in [3.8, 4) is 0 Å². The van der Waals surface area contributed by atoms with Crippen molar-refractivity contribution in [3.05, 3.63) is 46.0 Å². The van der Waals surface area contributed by atoms with Crippen molar-refractivity contribution in [2.24, 2.45) is 7.05 Å². The maximum Gasteiger partial charge on any atom is 0.408 e. The first-order valence-corrected chi connectivity index (χ1v) is 9.89. The zero-order valence-electron chi connectivity index (χ0n) is 17.7. The summed E-state index contributed by atoms with van der Waals surface area (Å²) in [6.45, 7) is 2.69. The van der Waals surface area contributed by atoms with Crippen LogP contribution < -0.4 is 16.0 Å². The lowest BCUT2D eigenvalue weighted by Gasteiger charge is -2.22. The molecule has 12 heteroatoms. The summed E-state index contributed by atoms with van der Waals surface area (Å²) in [5, 5.41) is 17.0. The minimum absolute atomic E-state index is 0.135. The van der Waals surface area contributed by atoms with E-state index >= 15 is 0 Å². The third kappa shape index (κ3) is 5.16. The molecular weight excluding hydrogens is 456 g/mol. The van der Waals surface area contributed by atoms with Crippen molar-refractivity contribution >= 4 is 34.8 Å². The van der Waals surface area contributed by atoms with Crippen molar-refractivity contribution in [2.75, 3.05) is 17.7 Å². The Hall–Kier alpha value is -2.79. The lowest BCUT2D eigenvalue weighted by Crippen LogP contribution is -2.46. The summed E-state index contributed by atoms with van der Waals surface area (Å²) in [4.78, 5) is 25.1. The Morgan fingerprint density at radius 1 is 1.28 bits per heavy atom. The Balaban J connectivity index is 2.33. The zero-order chi connectivity index (χ0) is 24.4. The van der Waals surface area contributed by atoms with E-state index in [1.54, 1.807) is 5.32 Å². The van der Waals surface area contributed by atoms with Gasteiger partial charge in [0.1, 0.15) is 17.6 Å².